The van der Waals surface area contributed by atoms with Crippen molar-refractivity contribution in [2.24, 2.45) is 0 Å². The largest absolute Gasteiger partial charge is 0.302 e. The second-order valence-corrected chi connectivity index (χ2v) is 2.03. The second kappa shape index (κ2) is 2.82. The summed E-state index contributed by atoms with van der Waals surface area (Å²) in [6.07, 6.45) is 3.33. The van der Waals surface area contributed by atoms with E-state index in [2.05, 4.69) is 0 Å². The molecule has 2 heteroatoms. The molecule has 0 aromatic carbocycles. The average molecular weight is 112 g/mol. The number of nitrogens with zero attached hydrogens (tertiary/aromatic N) is 1. The van der Waals surface area contributed by atoms with Crippen molar-refractivity contribution >= 4 is 6.29 Å². The van der Waals surface area contributed by atoms with Gasteiger partial charge in [-0.1, -0.05) is 0 Å². The molecule has 0 bridgehead atoms. The fraction of sp³-hybridized carbons (Fsp3) is 0.667. The van der Waals surface area contributed by atoms with Gasteiger partial charge in [-0.05, 0) is 25.9 Å². The van der Waals surface area contributed by atoms with Crippen molar-refractivity contribution in [1.29, 1.82) is 0 Å². The van der Waals surface area contributed by atoms with E-state index < -0.39 is 0 Å². The molecule has 1 aliphatic heterocycles. The Morgan fingerprint density at radius 3 is 2.38 bits per heavy atom. The zero-order chi connectivity index (χ0) is 5.82. The predicted octanol–water partition coefficient (Wildman–Crippen LogP) is 0.443. The highest BCUT2D eigenvalue weighted by atomic mass is 16.1. The lowest BCUT2D eigenvalue weighted by Gasteiger charge is -2.06. The zero-order valence-electron chi connectivity index (χ0n) is 4.84. The van der Waals surface area contributed by atoms with Gasteiger partial charge in [-0.25, -0.2) is 0 Å². The summed E-state index contributed by atoms with van der Waals surface area (Å²) in [5, 5.41) is 0. The van der Waals surface area contributed by atoms with E-state index in [1.165, 1.54) is 12.8 Å². The van der Waals surface area contributed by atoms with Gasteiger partial charge >= 0.3 is 0 Å². The smallest absolute Gasteiger partial charge is 0.139 e. The molecule has 0 N–H and O–H groups in total. The van der Waals surface area contributed by atoms with Crippen LogP contribution in [0, 0.1) is 6.54 Å². The summed E-state index contributed by atoms with van der Waals surface area (Å²) in [6.45, 7) is 3.75. The van der Waals surface area contributed by atoms with Crippen molar-refractivity contribution < 1.29 is 4.79 Å². The SMILES string of the molecule is O=C[CH]N1CCCC1. The summed E-state index contributed by atoms with van der Waals surface area (Å²) in [4.78, 5) is 11.9. The zero-order valence-corrected chi connectivity index (χ0v) is 4.84. The molecule has 0 spiro atoms. The molecule has 0 amide bonds. The van der Waals surface area contributed by atoms with Gasteiger partial charge in [0.25, 0.3) is 0 Å². The molecule has 1 heterocycles. The van der Waals surface area contributed by atoms with Crippen LogP contribution in [0.15, 0.2) is 0 Å². The van der Waals surface area contributed by atoms with E-state index in [-0.39, 0.29) is 0 Å². The molecule has 1 rings (SSSR count). The standard InChI is InChI=1S/C6H10NO/c8-6-5-7-3-1-2-4-7/h5-6H,1-4H2. The maximum atomic E-state index is 9.86. The highest BCUT2D eigenvalue weighted by molar-refractivity contribution is 5.60. The highest BCUT2D eigenvalue weighted by Crippen LogP contribution is 2.06. The van der Waals surface area contributed by atoms with Crippen molar-refractivity contribution in [1.82, 2.24) is 4.90 Å². The quantitative estimate of drug-likeness (QED) is 0.483. The first kappa shape index (κ1) is 5.76. The van der Waals surface area contributed by atoms with Crippen LogP contribution in [0.2, 0.25) is 0 Å². The van der Waals surface area contributed by atoms with E-state index in [9.17, 15) is 4.79 Å². The van der Waals surface area contributed by atoms with Crippen molar-refractivity contribution in [2.75, 3.05) is 13.1 Å². The van der Waals surface area contributed by atoms with Crippen LogP contribution in [-0.4, -0.2) is 24.3 Å². The lowest BCUT2D eigenvalue weighted by atomic mass is 10.4. The van der Waals surface area contributed by atoms with Crippen molar-refractivity contribution in [3.8, 4) is 0 Å². The summed E-state index contributed by atoms with van der Waals surface area (Å²) in [5.41, 5.74) is 0. The van der Waals surface area contributed by atoms with Crippen LogP contribution < -0.4 is 0 Å². The van der Waals surface area contributed by atoms with E-state index in [1.54, 1.807) is 6.54 Å². The fourth-order valence-electron chi connectivity index (χ4n) is 0.977. The third kappa shape index (κ3) is 1.30. The average Bonchev–Trinajstić information content (AvgIpc) is 2.19. The molecule has 1 fully saturated rings. The summed E-state index contributed by atoms with van der Waals surface area (Å²) in [5.74, 6) is 0. The number of carbonyl (C=O) groups excluding carboxylic acids is 1. The Labute approximate surface area is 49.5 Å². The highest BCUT2D eigenvalue weighted by Gasteiger charge is 2.09. The van der Waals surface area contributed by atoms with Gasteiger partial charge in [-0.3, -0.25) is 4.90 Å². The predicted molar refractivity (Wildman–Crippen MR) is 31.2 cm³/mol. The first-order chi connectivity index (χ1) is 3.93. The van der Waals surface area contributed by atoms with Crippen molar-refractivity contribution in [2.45, 2.75) is 12.8 Å². The third-order valence-corrected chi connectivity index (χ3v) is 1.41. The van der Waals surface area contributed by atoms with Crippen LogP contribution in [0.4, 0.5) is 0 Å². The van der Waals surface area contributed by atoms with Gasteiger partial charge in [-0.15, -0.1) is 0 Å². The molecule has 0 aliphatic carbocycles. The molecule has 1 saturated heterocycles. The molecule has 0 atom stereocenters. The third-order valence-electron chi connectivity index (χ3n) is 1.41. The first-order valence-corrected chi connectivity index (χ1v) is 2.96. The maximum absolute atomic E-state index is 9.86. The van der Waals surface area contributed by atoms with Crippen LogP contribution in [0.3, 0.4) is 0 Å². The summed E-state index contributed by atoms with van der Waals surface area (Å²) < 4.78 is 0. The number of hydrogen-bond donors (Lipinski definition) is 0. The Balaban J connectivity index is 2.14. The second-order valence-electron chi connectivity index (χ2n) is 2.03. The molecule has 45 valence electrons. The Morgan fingerprint density at radius 2 is 1.88 bits per heavy atom. The van der Waals surface area contributed by atoms with E-state index in [4.69, 9.17) is 0 Å². The Hall–Kier alpha value is -0.370. The first-order valence-electron chi connectivity index (χ1n) is 2.96. The summed E-state index contributed by atoms with van der Waals surface area (Å²) in [6, 6.07) is 0. The molecule has 0 unspecified atom stereocenters. The topological polar surface area (TPSA) is 20.3 Å². The normalized spacial score (nSPS) is 21.5. The minimum absolute atomic E-state index is 0.852. The van der Waals surface area contributed by atoms with Crippen LogP contribution >= 0.6 is 0 Å². The number of aldehydes is 1. The lowest BCUT2D eigenvalue weighted by Crippen LogP contribution is -2.15. The van der Waals surface area contributed by atoms with Crippen LogP contribution in [0.1, 0.15) is 12.8 Å². The van der Waals surface area contributed by atoms with Crippen LogP contribution in [-0.2, 0) is 4.79 Å². The molecule has 1 radical (unpaired) electrons. The minimum atomic E-state index is 0.852. The number of likely N-dealkylation sites (tertiary alicyclic amines) is 1. The Morgan fingerprint density at radius 1 is 1.25 bits per heavy atom. The molecule has 2 nitrogen and oxygen atoms in total. The van der Waals surface area contributed by atoms with E-state index in [1.807, 2.05) is 4.90 Å². The number of hydrogen-bond acceptors (Lipinski definition) is 2. The van der Waals surface area contributed by atoms with Gasteiger partial charge in [0.2, 0.25) is 0 Å². The van der Waals surface area contributed by atoms with Gasteiger partial charge in [-0.2, -0.15) is 0 Å². The lowest BCUT2D eigenvalue weighted by molar-refractivity contribution is -0.106. The fourth-order valence-corrected chi connectivity index (χ4v) is 0.977. The van der Waals surface area contributed by atoms with Gasteiger partial charge < -0.3 is 4.79 Å². The molecule has 0 aromatic rings. The molecular weight excluding hydrogens is 102 g/mol. The summed E-state index contributed by atoms with van der Waals surface area (Å²) in [7, 11) is 0. The van der Waals surface area contributed by atoms with Crippen LogP contribution in [0.5, 0.6) is 0 Å². The van der Waals surface area contributed by atoms with Gasteiger partial charge in [0, 0.05) is 0 Å². The molecule has 0 saturated carbocycles. The molecule has 8 heavy (non-hydrogen) atoms. The number of rotatable bonds is 2. The van der Waals surface area contributed by atoms with Gasteiger partial charge in [0.15, 0.2) is 0 Å². The van der Waals surface area contributed by atoms with Gasteiger partial charge in [0.1, 0.15) is 6.29 Å². The monoisotopic (exact) mass is 112 g/mol. The van der Waals surface area contributed by atoms with E-state index in [0.29, 0.717) is 0 Å². The maximum Gasteiger partial charge on any atom is 0.139 e. The minimum Gasteiger partial charge on any atom is -0.302 e. The van der Waals surface area contributed by atoms with Crippen molar-refractivity contribution in [3.05, 3.63) is 6.54 Å². The number of carbonyl (C=O) groups is 1. The Kier molecular flexibility index (Phi) is 2.03. The van der Waals surface area contributed by atoms with Crippen molar-refractivity contribution in [3.63, 3.8) is 0 Å². The Bertz CT molecular complexity index is 76.6. The molecule has 1 aliphatic rings. The van der Waals surface area contributed by atoms with Gasteiger partial charge in [0.05, 0.1) is 6.54 Å². The molecular formula is C6H10NO. The van der Waals surface area contributed by atoms with Crippen LogP contribution in [0.25, 0.3) is 0 Å². The van der Waals surface area contributed by atoms with E-state index in [0.717, 1.165) is 19.4 Å². The molecule has 0 aromatic heterocycles. The summed E-state index contributed by atoms with van der Waals surface area (Å²) >= 11 is 0. The van der Waals surface area contributed by atoms with E-state index >= 15 is 0 Å².